The van der Waals surface area contributed by atoms with Gasteiger partial charge >= 0.3 is 6.09 Å². The molecule has 3 amide bonds. The van der Waals surface area contributed by atoms with Crippen molar-refractivity contribution >= 4 is 46.4 Å². The fourth-order valence-corrected chi connectivity index (χ4v) is 4.35. The Kier molecular flexibility index (Phi) is 10.3. The number of carbonyl (C=O) groups excluding carboxylic acids is 3. The van der Waals surface area contributed by atoms with Crippen LogP contribution < -0.4 is 16.0 Å². The summed E-state index contributed by atoms with van der Waals surface area (Å²) in [7, 11) is 1.67. The fourth-order valence-electron chi connectivity index (χ4n) is 3.70. The topological polar surface area (TPSA) is 132 Å². The smallest absolute Gasteiger partial charge is 0.413 e. The number of benzene rings is 1. The number of ether oxygens (including phenoxy) is 2. The number of aryl methyl sites for hydroxylation is 2. The first kappa shape index (κ1) is 30.6. The van der Waals surface area contributed by atoms with Crippen LogP contribution in [-0.4, -0.2) is 41.1 Å². The molecule has 0 bridgehead atoms. The average Bonchev–Trinajstić information content (AvgIpc) is 3.62. The predicted molar refractivity (Wildman–Crippen MR) is 152 cm³/mol. The first-order valence-electron chi connectivity index (χ1n) is 12.6. The van der Waals surface area contributed by atoms with E-state index >= 15 is 0 Å². The lowest BCUT2D eigenvalue weighted by Gasteiger charge is -2.18. The molecule has 0 saturated heterocycles. The molecule has 40 heavy (non-hydrogen) atoms. The van der Waals surface area contributed by atoms with Gasteiger partial charge in [-0.25, -0.2) is 19.2 Å². The van der Waals surface area contributed by atoms with Crippen LogP contribution in [0.15, 0.2) is 36.7 Å². The molecule has 1 saturated carbocycles. The average molecular weight is 572 g/mol. The molecule has 2 aromatic heterocycles. The molecule has 214 valence electrons. The third-order valence-electron chi connectivity index (χ3n) is 5.66. The molecule has 12 heteroatoms. The van der Waals surface area contributed by atoms with Crippen LogP contribution >= 0.6 is 11.3 Å². The zero-order valence-corrected chi connectivity index (χ0v) is 24.1. The van der Waals surface area contributed by atoms with E-state index in [9.17, 15) is 18.8 Å². The number of hydrogen-bond donors (Lipinski definition) is 3. The van der Waals surface area contributed by atoms with Gasteiger partial charge in [-0.3, -0.25) is 14.9 Å². The Morgan fingerprint density at radius 2 is 1.85 bits per heavy atom. The van der Waals surface area contributed by atoms with Crippen LogP contribution in [0.2, 0.25) is 0 Å². The van der Waals surface area contributed by atoms with Gasteiger partial charge in [0, 0.05) is 30.1 Å². The largest absolute Gasteiger partial charge is 0.444 e. The molecule has 1 aliphatic carbocycles. The van der Waals surface area contributed by atoms with Crippen LogP contribution in [0.5, 0.6) is 0 Å². The summed E-state index contributed by atoms with van der Waals surface area (Å²) in [4.78, 5) is 43.5. The van der Waals surface area contributed by atoms with Crippen LogP contribution in [0.4, 0.5) is 25.8 Å². The number of pyridine rings is 1. The highest BCUT2D eigenvalue weighted by Crippen LogP contribution is 2.42. The van der Waals surface area contributed by atoms with E-state index in [0.29, 0.717) is 34.5 Å². The number of halogens is 1. The molecule has 0 spiro atoms. The van der Waals surface area contributed by atoms with Crippen molar-refractivity contribution in [3.8, 4) is 0 Å². The molecule has 1 aliphatic rings. The second-order valence-electron chi connectivity index (χ2n) is 10.2. The van der Waals surface area contributed by atoms with E-state index < -0.39 is 23.4 Å². The van der Waals surface area contributed by atoms with Crippen molar-refractivity contribution in [2.24, 2.45) is 5.92 Å². The summed E-state index contributed by atoms with van der Waals surface area (Å²) < 4.78 is 24.7. The maximum Gasteiger partial charge on any atom is 0.413 e. The van der Waals surface area contributed by atoms with Crippen LogP contribution in [-0.2, 0) is 14.3 Å². The van der Waals surface area contributed by atoms with Crippen molar-refractivity contribution in [3.05, 3.63) is 64.0 Å². The number of rotatable bonds is 8. The van der Waals surface area contributed by atoms with Crippen molar-refractivity contribution < 1.29 is 28.2 Å². The second kappa shape index (κ2) is 13.4. The Balaban J connectivity index is 0.000000267. The molecule has 1 fully saturated rings. The summed E-state index contributed by atoms with van der Waals surface area (Å²) >= 11 is 1.42. The van der Waals surface area contributed by atoms with E-state index in [1.165, 1.54) is 23.5 Å². The normalized spacial score (nSPS) is 13.4. The lowest BCUT2D eigenvalue weighted by molar-refractivity contribution is -0.105. The zero-order valence-electron chi connectivity index (χ0n) is 23.3. The maximum absolute atomic E-state index is 14.1. The summed E-state index contributed by atoms with van der Waals surface area (Å²) in [5.41, 5.74) is 1.21. The van der Waals surface area contributed by atoms with Crippen molar-refractivity contribution in [1.82, 2.24) is 9.97 Å². The van der Waals surface area contributed by atoms with E-state index in [1.807, 2.05) is 33.8 Å². The number of nitrogens with zero attached hydrogens (tertiary/aromatic N) is 2. The molecule has 4 rings (SSSR count). The van der Waals surface area contributed by atoms with Crippen molar-refractivity contribution in [2.75, 3.05) is 23.1 Å². The number of methoxy groups -OCH3 is 1. The summed E-state index contributed by atoms with van der Waals surface area (Å²) in [6, 6.07) is 6.02. The molecule has 3 N–H and O–H groups in total. The lowest BCUT2D eigenvalue weighted by atomic mass is 10.1. The van der Waals surface area contributed by atoms with Gasteiger partial charge in [-0.15, -0.1) is 11.3 Å². The minimum Gasteiger partial charge on any atom is -0.444 e. The summed E-state index contributed by atoms with van der Waals surface area (Å²) in [6.07, 6.45) is 5.67. The standard InChI is InChI=1S/C19H20FN3O3.C9H14N2O2S/c1-11-7-15(20)14(8-16(11)22-10-24)19(25)23-17-6-5-13(9-21-17)18(26-2)12-3-4-12;1-6-5-10-7(14-6)11-8(12)13-9(2,3)4/h5-10,12,18H,3-4H2,1-2H3,(H,22,24)(H,21,23,25);5H,1-4H3,(H,10,11,12). The molecule has 1 aromatic carbocycles. The van der Waals surface area contributed by atoms with Gasteiger partial charge in [0.2, 0.25) is 6.41 Å². The van der Waals surface area contributed by atoms with Crippen LogP contribution in [0, 0.1) is 25.6 Å². The third-order valence-corrected chi connectivity index (χ3v) is 6.49. The molecule has 2 heterocycles. The maximum atomic E-state index is 14.1. The summed E-state index contributed by atoms with van der Waals surface area (Å²) in [5, 5.41) is 8.15. The minimum absolute atomic E-state index is 0.0127. The van der Waals surface area contributed by atoms with Gasteiger partial charge in [0.15, 0.2) is 5.13 Å². The van der Waals surface area contributed by atoms with Gasteiger partial charge in [-0.2, -0.15) is 0 Å². The first-order valence-corrected chi connectivity index (χ1v) is 13.4. The van der Waals surface area contributed by atoms with Gasteiger partial charge in [0.05, 0.1) is 11.7 Å². The number of anilines is 3. The molecular formula is C28H34FN5O5S. The SMILES string of the molecule is COC(c1ccc(NC(=O)c2cc(NC=O)c(C)cc2F)nc1)C1CC1.Cc1cnc(NC(=O)OC(C)(C)C)s1. The Bertz CT molecular complexity index is 1340. The van der Waals surface area contributed by atoms with Gasteiger partial charge in [-0.1, -0.05) is 6.07 Å². The molecule has 1 unspecified atom stereocenters. The fraction of sp³-hybridized carbons (Fsp3) is 0.393. The van der Waals surface area contributed by atoms with Crippen molar-refractivity contribution in [2.45, 2.75) is 59.2 Å². The Morgan fingerprint density at radius 1 is 1.12 bits per heavy atom. The molecule has 0 aliphatic heterocycles. The summed E-state index contributed by atoms with van der Waals surface area (Å²) in [5.74, 6) is -0.467. The molecule has 3 aromatic rings. The van der Waals surface area contributed by atoms with Crippen LogP contribution in [0.25, 0.3) is 0 Å². The van der Waals surface area contributed by atoms with Crippen LogP contribution in [0.3, 0.4) is 0 Å². The minimum atomic E-state index is -0.666. The number of nitrogens with one attached hydrogen (secondary N) is 3. The number of thiazole rings is 1. The zero-order chi connectivity index (χ0) is 29.4. The first-order chi connectivity index (χ1) is 18.9. The van der Waals surface area contributed by atoms with Crippen molar-refractivity contribution in [3.63, 3.8) is 0 Å². The third kappa shape index (κ3) is 9.09. The van der Waals surface area contributed by atoms with E-state index in [-0.39, 0.29) is 11.7 Å². The van der Waals surface area contributed by atoms with E-state index in [1.54, 1.807) is 32.5 Å². The lowest BCUT2D eigenvalue weighted by Crippen LogP contribution is -2.27. The Hall–Kier alpha value is -3.90. The Labute approximate surface area is 236 Å². The highest BCUT2D eigenvalue weighted by Gasteiger charge is 2.32. The monoisotopic (exact) mass is 571 g/mol. The van der Waals surface area contributed by atoms with Crippen molar-refractivity contribution in [1.29, 1.82) is 0 Å². The molecule has 1 atom stereocenters. The van der Waals surface area contributed by atoms with E-state index in [0.717, 1.165) is 23.3 Å². The second-order valence-corrected chi connectivity index (χ2v) is 11.5. The van der Waals surface area contributed by atoms with E-state index in [2.05, 4.69) is 25.9 Å². The number of carbonyl (C=O) groups is 3. The predicted octanol–water partition coefficient (Wildman–Crippen LogP) is 6.25. The van der Waals surface area contributed by atoms with Gasteiger partial charge in [-0.05, 0) is 82.7 Å². The molecular weight excluding hydrogens is 537 g/mol. The number of aromatic nitrogens is 2. The highest BCUT2D eigenvalue weighted by atomic mass is 32.1. The molecule has 10 nitrogen and oxygen atoms in total. The van der Waals surface area contributed by atoms with E-state index in [4.69, 9.17) is 9.47 Å². The Morgan fingerprint density at radius 3 is 2.38 bits per heavy atom. The highest BCUT2D eigenvalue weighted by molar-refractivity contribution is 7.15. The number of hydrogen-bond acceptors (Lipinski definition) is 8. The van der Waals surface area contributed by atoms with Gasteiger partial charge < -0.3 is 20.1 Å². The van der Waals surface area contributed by atoms with Gasteiger partial charge in [0.25, 0.3) is 5.91 Å². The number of amides is 3. The summed E-state index contributed by atoms with van der Waals surface area (Å²) in [6.45, 7) is 9.03. The quantitative estimate of drug-likeness (QED) is 0.273. The van der Waals surface area contributed by atoms with Crippen LogP contribution in [0.1, 0.15) is 66.1 Å². The molecule has 0 radical (unpaired) electrons. The van der Waals surface area contributed by atoms with Gasteiger partial charge in [0.1, 0.15) is 17.2 Å².